The van der Waals surface area contributed by atoms with E-state index >= 15 is 0 Å². The van der Waals surface area contributed by atoms with Gasteiger partial charge in [0.05, 0.1) is 5.56 Å². The summed E-state index contributed by atoms with van der Waals surface area (Å²) in [6.45, 7) is 7.91. The van der Waals surface area contributed by atoms with Crippen molar-refractivity contribution in [3.8, 4) is 0 Å². The van der Waals surface area contributed by atoms with Gasteiger partial charge in [-0.05, 0) is 49.5 Å². The Labute approximate surface area is 124 Å². The van der Waals surface area contributed by atoms with E-state index in [0.29, 0.717) is 17.5 Å². The minimum absolute atomic E-state index is 0.512. The van der Waals surface area contributed by atoms with Gasteiger partial charge in [0.1, 0.15) is 0 Å². The van der Waals surface area contributed by atoms with Crippen molar-refractivity contribution in [1.82, 2.24) is 5.32 Å². The van der Waals surface area contributed by atoms with Gasteiger partial charge in [-0.1, -0.05) is 19.9 Å². The largest absolute Gasteiger partial charge is 0.416 e. The minimum atomic E-state index is -4.27. The van der Waals surface area contributed by atoms with Crippen LogP contribution in [0.5, 0.6) is 0 Å². The number of alkyl halides is 3. The van der Waals surface area contributed by atoms with Crippen molar-refractivity contribution in [3.63, 3.8) is 0 Å². The molecule has 0 aromatic heterocycles. The van der Waals surface area contributed by atoms with Crippen molar-refractivity contribution in [1.29, 1.82) is 0 Å². The molecule has 1 aromatic carbocycles. The summed E-state index contributed by atoms with van der Waals surface area (Å²) in [6, 6.07) is 5.63. The van der Waals surface area contributed by atoms with Crippen LogP contribution in [0, 0.1) is 11.8 Å². The number of hydrogen-bond donors (Lipinski definition) is 1. The molecule has 1 saturated heterocycles. The van der Waals surface area contributed by atoms with Gasteiger partial charge in [0.15, 0.2) is 0 Å². The number of nitrogens with zero attached hydrogens (tertiary/aromatic N) is 1. The van der Waals surface area contributed by atoms with Crippen molar-refractivity contribution in [3.05, 3.63) is 29.8 Å². The van der Waals surface area contributed by atoms with Gasteiger partial charge in [0.2, 0.25) is 0 Å². The smallest absolute Gasteiger partial charge is 0.371 e. The summed E-state index contributed by atoms with van der Waals surface area (Å²) in [6.07, 6.45) is -3.24. The van der Waals surface area contributed by atoms with Crippen molar-refractivity contribution in [2.45, 2.75) is 26.4 Å². The average Bonchev–Trinajstić information content (AvgIpc) is 2.86. The highest BCUT2D eigenvalue weighted by molar-refractivity contribution is 5.50. The predicted molar refractivity (Wildman–Crippen MR) is 79.5 cm³/mol. The Bertz CT molecular complexity index is 457. The van der Waals surface area contributed by atoms with E-state index in [2.05, 4.69) is 24.1 Å². The van der Waals surface area contributed by atoms with Crippen LogP contribution in [-0.2, 0) is 6.18 Å². The molecule has 2 rings (SSSR count). The summed E-state index contributed by atoms with van der Waals surface area (Å²) >= 11 is 0. The number of benzene rings is 1. The summed E-state index contributed by atoms with van der Waals surface area (Å²) in [5, 5.41) is 3.43. The number of hydrogen-bond acceptors (Lipinski definition) is 2. The van der Waals surface area contributed by atoms with Crippen LogP contribution in [0.2, 0.25) is 0 Å². The van der Waals surface area contributed by atoms with Gasteiger partial charge in [0.25, 0.3) is 0 Å². The Kier molecular flexibility index (Phi) is 5.14. The Morgan fingerprint density at radius 2 is 2.10 bits per heavy atom. The van der Waals surface area contributed by atoms with Crippen LogP contribution >= 0.6 is 0 Å². The van der Waals surface area contributed by atoms with Gasteiger partial charge in [0, 0.05) is 18.8 Å². The summed E-state index contributed by atoms with van der Waals surface area (Å²) in [7, 11) is 0. The minimum Gasteiger partial charge on any atom is -0.371 e. The highest BCUT2D eigenvalue weighted by atomic mass is 19.4. The van der Waals surface area contributed by atoms with E-state index in [1.54, 1.807) is 6.07 Å². The molecule has 1 unspecified atom stereocenters. The van der Waals surface area contributed by atoms with Gasteiger partial charge >= 0.3 is 6.18 Å². The predicted octanol–water partition coefficient (Wildman–Crippen LogP) is 3.78. The van der Waals surface area contributed by atoms with Gasteiger partial charge < -0.3 is 10.2 Å². The van der Waals surface area contributed by atoms with Gasteiger partial charge in [-0.3, -0.25) is 0 Å². The summed E-state index contributed by atoms with van der Waals surface area (Å²) in [5.41, 5.74) is 0.109. The van der Waals surface area contributed by atoms with E-state index in [-0.39, 0.29) is 0 Å². The molecule has 0 saturated carbocycles. The topological polar surface area (TPSA) is 15.3 Å². The highest BCUT2D eigenvalue weighted by Gasteiger charge is 2.31. The normalized spacial score (nSPS) is 19.5. The maximum atomic E-state index is 12.7. The number of nitrogens with one attached hydrogen (secondary N) is 1. The molecule has 1 atom stereocenters. The molecule has 0 spiro atoms. The molecule has 0 aliphatic carbocycles. The lowest BCUT2D eigenvalue weighted by molar-refractivity contribution is -0.137. The molecular weight excluding hydrogens is 277 g/mol. The maximum absolute atomic E-state index is 12.7. The summed E-state index contributed by atoms with van der Waals surface area (Å²) in [4.78, 5) is 2.05. The Balaban J connectivity index is 1.92. The van der Waals surface area contributed by atoms with Crippen LogP contribution < -0.4 is 10.2 Å². The first-order valence-electron chi connectivity index (χ1n) is 7.49. The standard InChI is InChI=1S/C16H23F3N2/c1-12(2)9-20-10-13-6-7-21(11-13)15-5-3-4-14(8-15)16(17,18)19/h3-5,8,12-13,20H,6-7,9-11H2,1-2H3. The molecule has 1 aliphatic rings. The number of rotatable bonds is 5. The van der Waals surface area contributed by atoms with E-state index in [9.17, 15) is 13.2 Å². The van der Waals surface area contributed by atoms with E-state index < -0.39 is 11.7 Å². The Morgan fingerprint density at radius 1 is 1.33 bits per heavy atom. The van der Waals surface area contributed by atoms with Crippen molar-refractivity contribution in [2.24, 2.45) is 11.8 Å². The number of halogens is 3. The molecule has 118 valence electrons. The lowest BCUT2D eigenvalue weighted by atomic mass is 10.1. The first kappa shape index (κ1) is 16.1. The van der Waals surface area contributed by atoms with Crippen LogP contribution in [0.25, 0.3) is 0 Å². The van der Waals surface area contributed by atoms with Gasteiger partial charge in [-0.2, -0.15) is 13.2 Å². The SMILES string of the molecule is CC(C)CNCC1CCN(c2cccc(C(F)(F)F)c2)C1. The molecule has 2 nitrogen and oxygen atoms in total. The van der Waals surface area contributed by atoms with Crippen LogP contribution in [0.15, 0.2) is 24.3 Å². The zero-order valence-electron chi connectivity index (χ0n) is 12.6. The van der Waals surface area contributed by atoms with E-state index in [1.165, 1.54) is 12.1 Å². The third-order valence-electron chi connectivity index (χ3n) is 3.81. The second kappa shape index (κ2) is 6.69. The molecular formula is C16H23F3N2. The quantitative estimate of drug-likeness (QED) is 0.890. The van der Waals surface area contributed by atoms with Crippen LogP contribution in [0.4, 0.5) is 18.9 Å². The van der Waals surface area contributed by atoms with Crippen molar-refractivity contribution < 1.29 is 13.2 Å². The fourth-order valence-electron chi connectivity index (χ4n) is 2.69. The second-order valence-corrected chi connectivity index (χ2v) is 6.20. The zero-order chi connectivity index (χ0) is 15.5. The molecule has 1 N–H and O–H groups in total. The second-order valence-electron chi connectivity index (χ2n) is 6.20. The van der Waals surface area contributed by atoms with Crippen LogP contribution in [0.1, 0.15) is 25.8 Å². The first-order chi connectivity index (χ1) is 9.86. The highest BCUT2D eigenvalue weighted by Crippen LogP contribution is 2.33. The molecule has 1 aromatic rings. The van der Waals surface area contributed by atoms with Crippen molar-refractivity contribution >= 4 is 5.69 Å². The first-order valence-corrected chi connectivity index (χ1v) is 7.49. The van der Waals surface area contributed by atoms with Gasteiger partial charge in [-0.15, -0.1) is 0 Å². The van der Waals surface area contributed by atoms with Crippen LogP contribution in [0.3, 0.4) is 0 Å². The van der Waals surface area contributed by atoms with E-state index in [4.69, 9.17) is 0 Å². The monoisotopic (exact) mass is 300 g/mol. The zero-order valence-corrected chi connectivity index (χ0v) is 12.6. The lowest BCUT2D eigenvalue weighted by Crippen LogP contribution is -2.28. The molecule has 1 aliphatic heterocycles. The summed E-state index contributed by atoms with van der Waals surface area (Å²) in [5.74, 6) is 1.13. The molecule has 1 heterocycles. The fraction of sp³-hybridized carbons (Fsp3) is 0.625. The molecule has 0 radical (unpaired) electrons. The van der Waals surface area contributed by atoms with Crippen molar-refractivity contribution in [2.75, 3.05) is 31.1 Å². The number of anilines is 1. The third-order valence-corrected chi connectivity index (χ3v) is 3.81. The maximum Gasteiger partial charge on any atom is 0.416 e. The summed E-state index contributed by atoms with van der Waals surface area (Å²) < 4.78 is 38.2. The van der Waals surface area contributed by atoms with E-state index in [1.807, 2.05) is 0 Å². The molecule has 5 heteroatoms. The Hall–Kier alpha value is -1.23. The fourth-order valence-corrected chi connectivity index (χ4v) is 2.69. The third kappa shape index (κ3) is 4.63. The van der Waals surface area contributed by atoms with E-state index in [0.717, 1.165) is 38.7 Å². The average molecular weight is 300 g/mol. The Morgan fingerprint density at radius 3 is 2.76 bits per heavy atom. The molecule has 0 bridgehead atoms. The molecule has 21 heavy (non-hydrogen) atoms. The van der Waals surface area contributed by atoms with Crippen LogP contribution in [-0.4, -0.2) is 26.2 Å². The molecule has 0 amide bonds. The molecule has 1 fully saturated rings. The lowest BCUT2D eigenvalue weighted by Gasteiger charge is -2.20. The van der Waals surface area contributed by atoms with Gasteiger partial charge in [-0.25, -0.2) is 0 Å².